The van der Waals surface area contributed by atoms with E-state index in [1.54, 1.807) is 0 Å². The molecule has 0 aliphatic carbocycles. The number of imidazole rings is 1. The Bertz CT molecular complexity index is 1050. The first-order valence-electron chi connectivity index (χ1n) is 9.66. The molecular weight excluding hydrogens is 352 g/mol. The zero-order valence-corrected chi connectivity index (χ0v) is 16.1. The Hall–Kier alpha value is -3.28. The summed E-state index contributed by atoms with van der Waals surface area (Å²) in [4.78, 5) is 19.8. The van der Waals surface area contributed by atoms with Crippen LogP contribution in [-0.2, 0) is 11.3 Å². The highest BCUT2D eigenvalue weighted by atomic mass is 16.3. The van der Waals surface area contributed by atoms with Crippen LogP contribution in [0.5, 0.6) is 0 Å². The highest BCUT2D eigenvalue weighted by Crippen LogP contribution is 2.30. The fourth-order valence-electron chi connectivity index (χ4n) is 3.73. The lowest BCUT2D eigenvalue weighted by Gasteiger charge is -2.21. The molecule has 0 spiro atoms. The second-order valence-electron chi connectivity index (χ2n) is 6.82. The van der Waals surface area contributed by atoms with Crippen molar-refractivity contribution in [1.29, 1.82) is 0 Å². The van der Waals surface area contributed by atoms with Gasteiger partial charge in [0.15, 0.2) is 0 Å². The van der Waals surface area contributed by atoms with Crippen molar-refractivity contribution in [3.05, 3.63) is 60.1 Å². The van der Waals surface area contributed by atoms with Gasteiger partial charge in [-0.1, -0.05) is 12.1 Å². The molecule has 1 aliphatic heterocycles. The average molecular weight is 376 g/mol. The number of para-hydroxylation sites is 2. The lowest BCUT2D eigenvalue weighted by Crippen LogP contribution is -2.23. The number of aliphatic hydroxyl groups excluding tert-OH is 1. The van der Waals surface area contributed by atoms with Gasteiger partial charge in [0, 0.05) is 37.4 Å². The Morgan fingerprint density at radius 2 is 1.86 bits per heavy atom. The van der Waals surface area contributed by atoms with Crippen LogP contribution in [0.1, 0.15) is 26.1 Å². The van der Waals surface area contributed by atoms with Crippen LogP contribution >= 0.6 is 0 Å². The molecule has 28 heavy (non-hydrogen) atoms. The molecule has 2 heterocycles. The molecular formula is C22H24N4O2. The van der Waals surface area contributed by atoms with Crippen molar-refractivity contribution in [1.82, 2.24) is 9.55 Å². The van der Waals surface area contributed by atoms with Gasteiger partial charge in [-0.15, -0.1) is 0 Å². The van der Waals surface area contributed by atoms with E-state index >= 15 is 0 Å². The third kappa shape index (κ3) is 3.11. The van der Waals surface area contributed by atoms with Crippen molar-refractivity contribution in [3.63, 3.8) is 0 Å². The van der Waals surface area contributed by atoms with Crippen molar-refractivity contribution in [2.24, 2.45) is 0 Å². The van der Waals surface area contributed by atoms with Gasteiger partial charge in [-0.2, -0.15) is 0 Å². The predicted molar refractivity (Wildman–Crippen MR) is 113 cm³/mol. The topological polar surface area (TPSA) is 70.4 Å². The van der Waals surface area contributed by atoms with E-state index in [-0.39, 0.29) is 17.2 Å². The van der Waals surface area contributed by atoms with Gasteiger partial charge in [0.1, 0.15) is 17.2 Å². The van der Waals surface area contributed by atoms with Gasteiger partial charge >= 0.3 is 0 Å². The van der Waals surface area contributed by atoms with Gasteiger partial charge in [-0.3, -0.25) is 4.79 Å². The molecule has 0 saturated carbocycles. The normalized spacial score (nSPS) is 13.5. The molecule has 0 saturated heterocycles. The molecule has 144 valence electrons. The van der Waals surface area contributed by atoms with Crippen LogP contribution in [0.2, 0.25) is 0 Å². The number of amides is 1. The molecule has 2 N–H and O–H groups in total. The van der Waals surface area contributed by atoms with E-state index in [0.29, 0.717) is 24.5 Å². The lowest BCUT2D eigenvalue weighted by atomic mass is 10.1. The first-order chi connectivity index (χ1) is 13.6. The van der Waals surface area contributed by atoms with Crippen LogP contribution in [0.25, 0.3) is 16.6 Å². The minimum absolute atomic E-state index is 0.0834. The fourth-order valence-corrected chi connectivity index (χ4v) is 3.73. The van der Waals surface area contributed by atoms with Crippen molar-refractivity contribution >= 4 is 33.9 Å². The molecule has 3 aromatic rings. The average Bonchev–Trinajstić information content (AvgIpc) is 3.08. The number of aliphatic hydroxyl groups is 1. The van der Waals surface area contributed by atoms with Crippen molar-refractivity contribution in [2.75, 3.05) is 23.3 Å². The van der Waals surface area contributed by atoms with Crippen LogP contribution < -0.4 is 10.2 Å². The summed E-state index contributed by atoms with van der Waals surface area (Å²) in [7, 11) is 0. The largest absolute Gasteiger partial charge is 0.511 e. The first kappa shape index (κ1) is 18.1. The number of carbonyl (C=O) groups is 1. The third-order valence-corrected chi connectivity index (χ3v) is 5.22. The summed E-state index contributed by atoms with van der Waals surface area (Å²) in [6.07, 6.45) is 0.414. The van der Waals surface area contributed by atoms with E-state index in [9.17, 15) is 9.90 Å². The Balaban J connectivity index is 1.62. The van der Waals surface area contributed by atoms with E-state index < -0.39 is 0 Å². The highest BCUT2D eigenvalue weighted by Gasteiger charge is 2.28. The zero-order chi connectivity index (χ0) is 19.7. The minimum atomic E-state index is -0.343. The van der Waals surface area contributed by atoms with Gasteiger partial charge in [-0.05, 0) is 50.2 Å². The van der Waals surface area contributed by atoms with Gasteiger partial charge in [0.25, 0.3) is 5.91 Å². The molecule has 0 atom stereocenters. The summed E-state index contributed by atoms with van der Waals surface area (Å²) in [5, 5.41) is 13.3. The number of hydrogen-bond donors (Lipinski definition) is 2. The van der Waals surface area contributed by atoms with Crippen LogP contribution in [-0.4, -0.2) is 33.7 Å². The van der Waals surface area contributed by atoms with E-state index in [1.807, 2.05) is 53.1 Å². The molecule has 0 unspecified atom stereocenters. The van der Waals surface area contributed by atoms with Crippen molar-refractivity contribution in [3.8, 4) is 0 Å². The van der Waals surface area contributed by atoms with E-state index in [0.717, 1.165) is 29.8 Å². The zero-order valence-electron chi connectivity index (χ0n) is 16.1. The summed E-state index contributed by atoms with van der Waals surface area (Å²) in [6, 6.07) is 15.5. The quantitative estimate of drug-likeness (QED) is 0.700. The van der Waals surface area contributed by atoms with Gasteiger partial charge in [0.05, 0.1) is 11.0 Å². The number of anilines is 2. The molecule has 1 aliphatic rings. The highest BCUT2D eigenvalue weighted by molar-refractivity contribution is 6.25. The molecule has 0 radical (unpaired) electrons. The Morgan fingerprint density at radius 3 is 2.57 bits per heavy atom. The smallest absolute Gasteiger partial charge is 0.262 e. The summed E-state index contributed by atoms with van der Waals surface area (Å²) in [6.45, 7) is 6.70. The summed E-state index contributed by atoms with van der Waals surface area (Å²) >= 11 is 0. The number of benzene rings is 2. The maximum absolute atomic E-state index is 13.0. The Labute approximate surface area is 164 Å². The standard InChI is InChI=1S/C22H24N4O2/c1-3-25(4-2)16-11-9-15(10-12-16)23-22(28)20-19(27)13-14-26-18-8-6-5-7-17(18)24-21(20)26/h5-12,27H,3-4,13-14H2,1-2H3,(H,23,28). The molecule has 1 amide bonds. The first-order valence-corrected chi connectivity index (χ1v) is 9.66. The van der Waals surface area contributed by atoms with Crippen LogP contribution in [0, 0.1) is 0 Å². The second-order valence-corrected chi connectivity index (χ2v) is 6.82. The van der Waals surface area contributed by atoms with Gasteiger partial charge in [0.2, 0.25) is 0 Å². The van der Waals surface area contributed by atoms with Crippen molar-refractivity contribution < 1.29 is 9.90 Å². The molecule has 1 aromatic heterocycles. The number of hydrogen-bond acceptors (Lipinski definition) is 4. The molecule has 6 heteroatoms. The summed E-state index contributed by atoms with van der Waals surface area (Å²) in [5.41, 5.74) is 3.84. The fraction of sp³-hybridized carbons (Fsp3) is 0.273. The Kier molecular flexibility index (Phi) is 4.77. The molecule has 0 bridgehead atoms. The second kappa shape index (κ2) is 7.38. The number of rotatable bonds is 5. The van der Waals surface area contributed by atoms with E-state index in [2.05, 4.69) is 29.0 Å². The number of carbonyl (C=O) groups excluding carboxylic acids is 1. The Morgan fingerprint density at radius 1 is 1.14 bits per heavy atom. The van der Waals surface area contributed by atoms with Crippen LogP contribution in [0.15, 0.2) is 54.3 Å². The number of nitrogens with one attached hydrogen (secondary N) is 1. The molecule has 2 aromatic carbocycles. The minimum Gasteiger partial charge on any atom is -0.511 e. The third-order valence-electron chi connectivity index (χ3n) is 5.22. The van der Waals surface area contributed by atoms with Gasteiger partial charge in [-0.25, -0.2) is 4.98 Å². The number of aryl methyl sites for hydroxylation is 1. The molecule has 6 nitrogen and oxygen atoms in total. The number of nitrogens with zero attached hydrogens (tertiary/aromatic N) is 3. The van der Waals surface area contributed by atoms with Crippen LogP contribution in [0.4, 0.5) is 11.4 Å². The summed E-state index contributed by atoms with van der Waals surface area (Å²) < 4.78 is 1.99. The van der Waals surface area contributed by atoms with Crippen LogP contribution in [0.3, 0.4) is 0 Å². The SMILES string of the molecule is CCN(CC)c1ccc(NC(=O)C2=C(O)CCn3c2nc2ccccc23)cc1. The van der Waals surface area contributed by atoms with E-state index in [1.165, 1.54) is 0 Å². The number of allylic oxidation sites excluding steroid dienone is 1. The van der Waals surface area contributed by atoms with Crippen molar-refractivity contribution in [2.45, 2.75) is 26.8 Å². The summed E-state index contributed by atoms with van der Waals surface area (Å²) in [5.74, 6) is 0.256. The molecule has 0 fully saturated rings. The molecule has 4 rings (SSSR count). The maximum Gasteiger partial charge on any atom is 0.262 e. The van der Waals surface area contributed by atoms with Gasteiger partial charge < -0.3 is 19.9 Å². The number of fused-ring (bicyclic) bond motifs is 3. The predicted octanol–water partition coefficient (Wildman–Crippen LogP) is 4.19. The monoisotopic (exact) mass is 376 g/mol. The lowest BCUT2D eigenvalue weighted by molar-refractivity contribution is -0.111. The number of aromatic nitrogens is 2. The maximum atomic E-state index is 13.0. The van der Waals surface area contributed by atoms with E-state index in [4.69, 9.17) is 0 Å².